The molecule has 6 heavy (non-hydrogen) atoms. The van der Waals surface area contributed by atoms with Gasteiger partial charge in [-0.15, -0.1) is 0 Å². The molecule has 0 heterocycles. The zero-order valence-electron chi connectivity index (χ0n) is 3.46. The van der Waals surface area contributed by atoms with Gasteiger partial charge in [-0.3, -0.25) is 0 Å². The summed E-state index contributed by atoms with van der Waals surface area (Å²) in [6.07, 6.45) is 2.95. The second-order valence-corrected chi connectivity index (χ2v) is 0.897. The standard InChI is InChI=1S/C4H8O2/c5-3-1-2-4-6/h1,3,5-6H,2,4H2. The smallest absolute Gasteiger partial charge is 0.0752 e. The Morgan fingerprint density at radius 3 is 2.33 bits per heavy atom. The van der Waals surface area contributed by atoms with Crippen molar-refractivity contribution < 1.29 is 10.2 Å². The van der Waals surface area contributed by atoms with Gasteiger partial charge in [0.1, 0.15) is 0 Å². The number of aliphatic hydroxyl groups excluding tert-OH is 2. The second-order valence-electron chi connectivity index (χ2n) is 0.897. The highest BCUT2D eigenvalue weighted by Gasteiger charge is 1.67. The highest BCUT2D eigenvalue weighted by molar-refractivity contribution is 4.69. The van der Waals surface area contributed by atoms with Gasteiger partial charge in [0.05, 0.1) is 6.26 Å². The van der Waals surface area contributed by atoms with E-state index in [0.717, 1.165) is 6.26 Å². The minimum Gasteiger partial charge on any atom is -0.516 e. The molecule has 2 nitrogen and oxygen atoms in total. The summed E-state index contributed by atoms with van der Waals surface area (Å²) in [5, 5.41) is 15.9. The molecule has 2 N–H and O–H groups in total. The molecule has 0 saturated carbocycles. The Balaban J connectivity index is 2.66. The molecule has 0 rings (SSSR count). The maximum Gasteiger partial charge on any atom is 0.0752 e. The lowest BCUT2D eigenvalue weighted by molar-refractivity contribution is 0.301. The molecule has 0 amide bonds. The maximum atomic E-state index is 8.04. The molecule has 0 aromatic carbocycles. The Labute approximate surface area is 36.7 Å². The molecule has 0 radical (unpaired) electrons. The van der Waals surface area contributed by atoms with Crippen LogP contribution in [0.5, 0.6) is 0 Å². The van der Waals surface area contributed by atoms with Crippen molar-refractivity contribution in [3.8, 4) is 0 Å². The number of hydrogen-bond acceptors (Lipinski definition) is 2. The predicted octanol–water partition coefficient (Wildman–Crippen LogP) is 0.440. The van der Waals surface area contributed by atoms with Crippen molar-refractivity contribution in [3.05, 3.63) is 12.3 Å². The molecule has 0 aliphatic rings. The summed E-state index contributed by atoms with van der Waals surface area (Å²) in [5.41, 5.74) is 0. The molecule has 0 aliphatic carbocycles. The van der Waals surface area contributed by atoms with Crippen LogP contribution in [0.1, 0.15) is 6.42 Å². The van der Waals surface area contributed by atoms with Gasteiger partial charge in [-0.2, -0.15) is 0 Å². The van der Waals surface area contributed by atoms with Crippen LogP contribution in [0.15, 0.2) is 12.3 Å². The van der Waals surface area contributed by atoms with E-state index in [4.69, 9.17) is 10.2 Å². The predicted molar refractivity (Wildman–Crippen MR) is 23.5 cm³/mol. The number of aliphatic hydroxyl groups is 2. The van der Waals surface area contributed by atoms with Gasteiger partial charge in [-0.05, 0) is 12.5 Å². The fourth-order valence-corrected chi connectivity index (χ4v) is 0.149. The first-order valence-corrected chi connectivity index (χ1v) is 1.82. The first kappa shape index (κ1) is 5.50. The van der Waals surface area contributed by atoms with Crippen molar-refractivity contribution >= 4 is 0 Å². The van der Waals surface area contributed by atoms with Crippen LogP contribution in [0, 0.1) is 0 Å². The van der Waals surface area contributed by atoms with Crippen molar-refractivity contribution in [3.63, 3.8) is 0 Å². The quantitative estimate of drug-likeness (QED) is 0.481. The normalized spacial score (nSPS) is 10.2. The van der Waals surface area contributed by atoms with Gasteiger partial charge in [-0.1, -0.05) is 0 Å². The molecular formula is C4H8O2. The van der Waals surface area contributed by atoms with E-state index in [0.29, 0.717) is 6.42 Å². The average Bonchev–Trinajstić information content (AvgIpc) is 1.61. The van der Waals surface area contributed by atoms with Crippen molar-refractivity contribution in [1.82, 2.24) is 0 Å². The Hall–Kier alpha value is -0.500. The Kier molecular flexibility index (Phi) is 4.12. The minimum absolute atomic E-state index is 0.108. The zero-order valence-corrected chi connectivity index (χ0v) is 3.46. The van der Waals surface area contributed by atoms with E-state index in [1.807, 2.05) is 0 Å². The van der Waals surface area contributed by atoms with E-state index in [2.05, 4.69) is 0 Å². The van der Waals surface area contributed by atoms with Gasteiger partial charge in [0.25, 0.3) is 0 Å². The third-order valence-electron chi connectivity index (χ3n) is 0.401. The van der Waals surface area contributed by atoms with Crippen LogP contribution in [0.25, 0.3) is 0 Å². The van der Waals surface area contributed by atoms with Crippen LogP contribution in [0.2, 0.25) is 0 Å². The molecular weight excluding hydrogens is 80.0 g/mol. The molecule has 0 aliphatic heterocycles. The summed E-state index contributed by atoms with van der Waals surface area (Å²) in [6.45, 7) is 0.108. The number of hydrogen-bond donors (Lipinski definition) is 2. The summed E-state index contributed by atoms with van der Waals surface area (Å²) in [5.74, 6) is 0. The molecule has 0 aromatic rings. The lowest BCUT2D eigenvalue weighted by Gasteiger charge is -1.76. The SMILES string of the molecule is OC=CCCO. The van der Waals surface area contributed by atoms with Crippen LogP contribution >= 0.6 is 0 Å². The third-order valence-corrected chi connectivity index (χ3v) is 0.401. The first-order valence-electron chi connectivity index (χ1n) is 1.82. The van der Waals surface area contributed by atoms with Crippen molar-refractivity contribution in [2.45, 2.75) is 6.42 Å². The van der Waals surface area contributed by atoms with Crippen molar-refractivity contribution in [1.29, 1.82) is 0 Å². The third kappa shape index (κ3) is 3.50. The molecule has 0 atom stereocenters. The van der Waals surface area contributed by atoms with Crippen LogP contribution < -0.4 is 0 Å². The lowest BCUT2D eigenvalue weighted by atomic mass is 10.5. The van der Waals surface area contributed by atoms with Gasteiger partial charge in [0, 0.05) is 6.61 Å². The monoisotopic (exact) mass is 88.1 g/mol. The molecule has 2 heteroatoms. The van der Waals surface area contributed by atoms with Crippen LogP contribution in [-0.4, -0.2) is 16.8 Å². The van der Waals surface area contributed by atoms with E-state index in [-0.39, 0.29) is 6.61 Å². The van der Waals surface area contributed by atoms with Crippen LogP contribution in [0.4, 0.5) is 0 Å². The Morgan fingerprint density at radius 2 is 2.17 bits per heavy atom. The Morgan fingerprint density at radius 1 is 1.50 bits per heavy atom. The van der Waals surface area contributed by atoms with Gasteiger partial charge < -0.3 is 10.2 Å². The lowest BCUT2D eigenvalue weighted by Crippen LogP contribution is -1.73. The fraction of sp³-hybridized carbons (Fsp3) is 0.500. The van der Waals surface area contributed by atoms with Gasteiger partial charge in [0.15, 0.2) is 0 Å². The highest BCUT2D eigenvalue weighted by Crippen LogP contribution is 1.74. The average molecular weight is 88.1 g/mol. The molecule has 0 bridgehead atoms. The molecule has 0 fully saturated rings. The summed E-state index contributed by atoms with van der Waals surface area (Å²) < 4.78 is 0. The molecule has 0 spiro atoms. The molecule has 0 saturated heterocycles. The number of rotatable bonds is 2. The minimum atomic E-state index is 0.108. The second kappa shape index (κ2) is 4.50. The van der Waals surface area contributed by atoms with Gasteiger partial charge in [-0.25, -0.2) is 0 Å². The van der Waals surface area contributed by atoms with E-state index in [1.165, 1.54) is 6.08 Å². The van der Waals surface area contributed by atoms with E-state index < -0.39 is 0 Å². The summed E-state index contributed by atoms with van der Waals surface area (Å²) in [4.78, 5) is 0. The summed E-state index contributed by atoms with van der Waals surface area (Å²) >= 11 is 0. The largest absolute Gasteiger partial charge is 0.516 e. The van der Waals surface area contributed by atoms with Gasteiger partial charge >= 0.3 is 0 Å². The van der Waals surface area contributed by atoms with Crippen LogP contribution in [-0.2, 0) is 0 Å². The molecule has 36 valence electrons. The first-order chi connectivity index (χ1) is 2.91. The van der Waals surface area contributed by atoms with Crippen molar-refractivity contribution in [2.24, 2.45) is 0 Å². The molecule has 0 unspecified atom stereocenters. The zero-order chi connectivity index (χ0) is 4.83. The van der Waals surface area contributed by atoms with E-state index in [1.54, 1.807) is 0 Å². The fourth-order valence-electron chi connectivity index (χ4n) is 0.149. The van der Waals surface area contributed by atoms with Crippen molar-refractivity contribution in [2.75, 3.05) is 6.61 Å². The van der Waals surface area contributed by atoms with E-state index in [9.17, 15) is 0 Å². The van der Waals surface area contributed by atoms with E-state index >= 15 is 0 Å². The highest BCUT2D eigenvalue weighted by atomic mass is 16.3. The Bertz CT molecular complexity index is 40.8. The molecule has 0 aromatic heterocycles. The topological polar surface area (TPSA) is 40.5 Å². The summed E-state index contributed by atoms with van der Waals surface area (Å²) in [6, 6.07) is 0. The maximum absolute atomic E-state index is 8.04. The summed E-state index contributed by atoms with van der Waals surface area (Å²) in [7, 11) is 0. The van der Waals surface area contributed by atoms with Gasteiger partial charge in [0.2, 0.25) is 0 Å². The van der Waals surface area contributed by atoms with Crippen LogP contribution in [0.3, 0.4) is 0 Å².